The van der Waals surface area contributed by atoms with Gasteiger partial charge in [-0.2, -0.15) is 4.36 Å². The number of ether oxygens (including phenoxy) is 1. The Labute approximate surface area is 194 Å². The third-order valence-corrected chi connectivity index (χ3v) is 9.97. The molecule has 2 heterocycles. The Kier molecular flexibility index (Phi) is 6.32. The van der Waals surface area contributed by atoms with Gasteiger partial charge < -0.3 is 9.64 Å². The molecule has 1 saturated heterocycles. The molecule has 1 aliphatic carbocycles. The van der Waals surface area contributed by atoms with Crippen molar-refractivity contribution in [3.05, 3.63) is 15.6 Å². The summed E-state index contributed by atoms with van der Waals surface area (Å²) in [5.74, 6) is 0.503. The van der Waals surface area contributed by atoms with Gasteiger partial charge in [-0.15, -0.1) is 0 Å². The van der Waals surface area contributed by atoms with Gasteiger partial charge >= 0.3 is 0 Å². The zero-order valence-corrected chi connectivity index (χ0v) is 22.0. The normalized spacial score (nSPS) is 23.6. The Morgan fingerprint density at radius 3 is 2.40 bits per heavy atom. The van der Waals surface area contributed by atoms with E-state index in [1.165, 1.54) is 0 Å². The van der Waals surface area contributed by atoms with Crippen LogP contribution in [0.25, 0.3) is 0 Å². The highest BCUT2D eigenvalue weighted by atomic mass is 127. The van der Waals surface area contributed by atoms with Crippen molar-refractivity contribution in [1.82, 2.24) is 9.97 Å². The van der Waals surface area contributed by atoms with E-state index in [9.17, 15) is 9.00 Å². The Bertz CT molecular complexity index is 954. The number of carbonyl (C=O) groups is 1. The van der Waals surface area contributed by atoms with Gasteiger partial charge in [-0.25, -0.2) is 14.2 Å². The molecular formula is C21H33IN4O3S. The monoisotopic (exact) mass is 548 g/mol. The Hall–Kier alpha value is -0.810. The third kappa shape index (κ3) is 4.26. The van der Waals surface area contributed by atoms with Gasteiger partial charge in [0.15, 0.2) is 3.83 Å². The summed E-state index contributed by atoms with van der Waals surface area (Å²) in [5.41, 5.74) is 0.0550. The summed E-state index contributed by atoms with van der Waals surface area (Å²) in [4.78, 5) is 24.4. The highest BCUT2D eigenvalue weighted by Crippen LogP contribution is 2.57. The van der Waals surface area contributed by atoms with E-state index in [-0.39, 0.29) is 11.9 Å². The van der Waals surface area contributed by atoms with Crippen molar-refractivity contribution in [2.24, 2.45) is 9.78 Å². The second kappa shape index (κ2) is 7.95. The molecule has 9 heteroatoms. The number of nitrogens with zero attached hydrogens (tertiary/aromatic N) is 4. The van der Waals surface area contributed by atoms with Gasteiger partial charge in [0.1, 0.15) is 5.82 Å². The number of anilines is 1. The summed E-state index contributed by atoms with van der Waals surface area (Å²) in [6.45, 7) is 15.3. The van der Waals surface area contributed by atoms with Gasteiger partial charge in [0, 0.05) is 45.4 Å². The highest BCUT2D eigenvalue weighted by Gasteiger charge is 2.59. The van der Waals surface area contributed by atoms with Crippen LogP contribution in [0.2, 0.25) is 0 Å². The van der Waals surface area contributed by atoms with Gasteiger partial charge in [-0.05, 0) is 40.5 Å². The van der Waals surface area contributed by atoms with E-state index in [4.69, 9.17) is 9.72 Å². The van der Waals surface area contributed by atoms with E-state index in [0.717, 1.165) is 18.1 Å². The molecule has 3 rings (SSSR count). The minimum absolute atomic E-state index is 0.201. The average Bonchev–Trinajstić information content (AvgIpc) is 3.42. The summed E-state index contributed by atoms with van der Waals surface area (Å²) >= 11 is 2.12. The number of amides is 1. The number of morpholine rings is 1. The summed E-state index contributed by atoms with van der Waals surface area (Å²) in [5, 5.41) is 0. The van der Waals surface area contributed by atoms with Crippen molar-refractivity contribution in [3.63, 3.8) is 0 Å². The SMILES string of the molecule is CC1COCCN1c1cc(C2(S(=O)(=NC(=O)C(C)(C)C)C(C)(C)C)CC2)nc(I)n1. The lowest BCUT2D eigenvalue weighted by molar-refractivity contribution is -0.124. The van der Waals surface area contributed by atoms with Crippen LogP contribution >= 0.6 is 22.6 Å². The number of rotatable bonds is 3. The first kappa shape index (κ1) is 23.8. The predicted molar refractivity (Wildman–Crippen MR) is 128 cm³/mol. The van der Waals surface area contributed by atoms with Crippen LogP contribution in [0, 0.1) is 9.25 Å². The molecule has 1 aliphatic heterocycles. The molecule has 0 bridgehead atoms. The molecule has 2 unspecified atom stereocenters. The van der Waals surface area contributed by atoms with Crippen molar-refractivity contribution in [2.75, 3.05) is 24.7 Å². The number of carbonyl (C=O) groups excluding carboxylic acids is 1. The van der Waals surface area contributed by atoms with E-state index in [1.807, 2.05) is 47.6 Å². The molecule has 0 radical (unpaired) electrons. The smallest absolute Gasteiger partial charge is 0.259 e. The van der Waals surface area contributed by atoms with Crippen molar-refractivity contribution in [1.29, 1.82) is 0 Å². The second-order valence-corrected chi connectivity index (χ2v) is 14.5. The molecule has 2 fully saturated rings. The zero-order valence-electron chi connectivity index (χ0n) is 19.0. The van der Waals surface area contributed by atoms with Crippen LogP contribution in [0.15, 0.2) is 10.4 Å². The van der Waals surface area contributed by atoms with Crippen LogP contribution in [0.1, 0.15) is 67.0 Å². The highest BCUT2D eigenvalue weighted by molar-refractivity contribution is 14.1. The molecule has 1 aromatic heterocycles. The maximum Gasteiger partial charge on any atom is 0.259 e. The van der Waals surface area contributed by atoms with Crippen molar-refractivity contribution >= 4 is 44.0 Å². The quantitative estimate of drug-likeness (QED) is 0.417. The second-order valence-electron chi connectivity index (χ2n) is 10.3. The first-order valence-electron chi connectivity index (χ1n) is 10.4. The molecule has 1 amide bonds. The van der Waals surface area contributed by atoms with Crippen molar-refractivity contribution < 1.29 is 13.7 Å². The van der Waals surface area contributed by atoms with Crippen LogP contribution < -0.4 is 4.90 Å². The summed E-state index contributed by atoms with van der Waals surface area (Å²) < 4.78 is 23.7. The molecule has 1 saturated carbocycles. The Morgan fingerprint density at radius 2 is 1.90 bits per heavy atom. The largest absolute Gasteiger partial charge is 0.377 e. The van der Waals surface area contributed by atoms with E-state index < -0.39 is 24.6 Å². The average molecular weight is 548 g/mol. The third-order valence-electron chi connectivity index (χ3n) is 5.73. The number of halogens is 1. The molecule has 2 atom stereocenters. The molecule has 7 nitrogen and oxygen atoms in total. The molecule has 0 N–H and O–H groups in total. The summed E-state index contributed by atoms with van der Waals surface area (Å²) in [6.07, 6.45) is 1.41. The van der Waals surface area contributed by atoms with Gasteiger partial charge in [-0.3, -0.25) is 4.79 Å². The molecule has 168 valence electrons. The van der Waals surface area contributed by atoms with Gasteiger partial charge in [0.25, 0.3) is 5.91 Å². The van der Waals surface area contributed by atoms with E-state index in [1.54, 1.807) is 0 Å². The molecule has 30 heavy (non-hydrogen) atoms. The van der Waals surface area contributed by atoms with Crippen LogP contribution in [-0.2, 0) is 24.0 Å². The predicted octanol–water partition coefficient (Wildman–Crippen LogP) is 4.13. The molecular weight excluding hydrogens is 515 g/mol. The Balaban J connectivity index is 2.15. The van der Waals surface area contributed by atoms with Crippen LogP contribution in [-0.4, -0.2) is 50.6 Å². The van der Waals surface area contributed by atoms with Crippen LogP contribution in [0.5, 0.6) is 0 Å². The van der Waals surface area contributed by atoms with Gasteiger partial charge in [0.05, 0.1) is 39.4 Å². The fourth-order valence-electron chi connectivity index (χ4n) is 3.71. The fraction of sp³-hybridized carbons (Fsp3) is 0.762. The minimum Gasteiger partial charge on any atom is -0.377 e. The number of hydrogen-bond acceptors (Lipinski definition) is 6. The summed E-state index contributed by atoms with van der Waals surface area (Å²) in [6, 6.07) is 2.16. The lowest BCUT2D eigenvalue weighted by atomic mass is 9.96. The van der Waals surface area contributed by atoms with Crippen molar-refractivity contribution in [3.8, 4) is 0 Å². The zero-order chi connectivity index (χ0) is 22.5. The number of hydrogen-bond donors (Lipinski definition) is 0. The summed E-state index contributed by atoms with van der Waals surface area (Å²) in [7, 11) is -2.95. The molecule has 0 aromatic carbocycles. The van der Waals surface area contributed by atoms with E-state index >= 15 is 0 Å². The topological polar surface area (TPSA) is 84.8 Å². The number of aromatic nitrogens is 2. The lowest BCUT2D eigenvalue weighted by Gasteiger charge is -2.35. The van der Waals surface area contributed by atoms with E-state index in [2.05, 4.69) is 43.8 Å². The van der Waals surface area contributed by atoms with E-state index in [0.29, 0.717) is 29.9 Å². The van der Waals surface area contributed by atoms with Crippen LogP contribution in [0.4, 0.5) is 5.82 Å². The molecule has 1 aromatic rings. The first-order valence-corrected chi connectivity index (χ1v) is 13.0. The van der Waals surface area contributed by atoms with Crippen LogP contribution in [0.3, 0.4) is 0 Å². The maximum atomic E-state index is 14.5. The van der Waals surface area contributed by atoms with Crippen molar-refractivity contribution in [2.45, 2.75) is 76.8 Å². The molecule has 2 aliphatic rings. The maximum absolute atomic E-state index is 14.5. The van der Waals surface area contributed by atoms with Gasteiger partial charge in [-0.1, -0.05) is 20.8 Å². The first-order chi connectivity index (χ1) is 13.7. The molecule has 0 spiro atoms. The fourth-order valence-corrected chi connectivity index (χ4v) is 7.38. The van der Waals surface area contributed by atoms with Gasteiger partial charge in [0.2, 0.25) is 0 Å². The lowest BCUT2D eigenvalue weighted by Crippen LogP contribution is -2.44. The minimum atomic E-state index is -2.95. The standard InChI is InChI=1S/C21H33IN4O3S/c1-14-13-29-11-10-26(14)16-12-15(23-18(22)24-16)21(8-9-21)30(28,20(5,6)7)25-17(27)19(2,3)4/h12,14H,8-11,13H2,1-7H3. The Morgan fingerprint density at radius 1 is 1.27 bits per heavy atom.